The molecule has 0 radical (unpaired) electrons. The van der Waals surface area contributed by atoms with Crippen LogP contribution in [-0.4, -0.2) is 137 Å². The molecule has 2 aromatic heterocycles. The van der Waals surface area contributed by atoms with Crippen LogP contribution in [-0.2, 0) is 9.59 Å². The van der Waals surface area contributed by atoms with Crippen LogP contribution in [0.1, 0.15) is 55.3 Å². The van der Waals surface area contributed by atoms with Crippen molar-refractivity contribution in [1.29, 1.82) is 0 Å². The van der Waals surface area contributed by atoms with E-state index in [1.54, 1.807) is 117 Å². The molecule has 1 N–H and O–H groups in total. The van der Waals surface area contributed by atoms with E-state index in [4.69, 9.17) is 0 Å². The molecule has 17 heteroatoms. The van der Waals surface area contributed by atoms with Gasteiger partial charge in [-0.15, -0.1) is 0 Å². The largest absolute Gasteiger partial charge is 0.335 e. The maximum Gasteiger partial charge on any atom is 0.295 e. The van der Waals surface area contributed by atoms with Gasteiger partial charge in [0.15, 0.2) is 0 Å². The van der Waals surface area contributed by atoms with Crippen LogP contribution in [0.25, 0.3) is 5.69 Å². The third kappa shape index (κ3) is 11.2. The average Bonchev–Trinajstić information content (AvgIpc) is 4.08. The standard InChI is InChI=1S/C22H21N5O3.C20H19IN2O3.C2H3N3/c1-16-15-25(21(29)18-5-3-2-4-6-18)13-14-26(16)22(30)20(28)17-7-9-19(10-8-17)27-23-11-12-24-27;1-14-13-22(19(25)16-5-3-2-4-6-16)11-12-23(14)20(26)18(24)15-7-9-17(21)10-8-15;1-2-4-5-3-1/h2-12,16H,13-15H2,1H3;2-10,14H,11-13H2,1H3;1-2H,(H,3,4,5). The van der Waals surface area contributed by atoms with E-state index in [9.17, 15) is 28.8 Å². The Balaban J connectivity index is 0.000000184. The van der Waals surface area contributed by atoms with Gasteiger partial charge in [0.2, 0.25) is 11.6 Å². The first-order valence-corrected chi connectivity index (χ1v) is 20.5. The number of nitrogens with one attached hydrogen (secondary N) is 1. The quantitative estimate of drug-likeness (QED) is 0.136. The molecular weight excluding hydrogens is 891 g/mol. The summed E-state index contributed by atoms with van der Waals surface area (Å²) in [6.07, 6.45) is 6.29. The smallest absolute Gasteiger partial charge is 0.295 e. The number of hydrogen-bond acceptors (Lipinski definition) is 10. The number of rotatable bonds is 7. The van der Waals surface area contributed by atoms with Gasteiger partial charge in [-0.1, -0.05) is 36.4 Å². The average molecular weight is 935 g/mol. The van der Waals surface area contributed by atoms with Gasteiger partial charge in [-0.05, 0) is 109 Å². The minimum absolute atomic E-state index is 0.0477. The minimum Gasteiger partial charge on any atom is -0.335 e. The van der Waals surface area contributed by atoms with Gasteiger partial charge in [-0.25, -0.2) is 0 Å². The number of hydrogen-bond donors (Lipinski definition) is 1. The summed E-state index contributed by atoms with van der Waals surface area (Å²) in [5.41, 5.74) is 2.66. The molecule has 16 nitrogen and oxygen atoms in total. The van der Waals surface area contributed by atoms with Crippen LogP contribution in [0.3, 0.4) is 0 Å². The highest BCUT2D eigenvalue weighted by atomic mass is 127. The fourth-order valence-electron chi connectivity index (χ4n) is 6.79. The van der Waals surface area contributed by atoms with Crippen molar-refractivity contribution in [2.75, 3.05) is 39.3 Å². The van der Waals surface area contributed by atoms with Crippen molar-refractivity contribution >= 4 is 57.8 Å². The summed E-state index contributed by atoms with van der Waals surface area (Å²) in [6.45, 7) is 6.00. The molecule has 312 valence electrons. The van der Waals surface area contributed by atoms with Crippen molar-refractivity contribution in [3.8, 4) is 5.69 Å². The Morgan fingerprint density at radius 3 is 1.31 bits per heavy atom. The summed E-state index contributed by atoms with van der Waals surface area (Å²) in [7, 11) is 0. The predicted octanol–water partition coefficient (Wildman–Crippen LogP) is 4.47. The second kappa shape index (κ2) is 20.9. The molecule has 0 saturated carbocycles. The molecule has 0 bridgehead atoms. The zero-order valence-corrected chi connectivity index (χ0v) is 35.6. The van der Waals surface area contributed by atoms with Gasteiger partial charge in [0, 0.05) is 77.2 Å². The highest BCUT2D eigenvalue weighted by molar-refractivity contribution is 14.1. The topological polar surface area (TPSA) is 188 Å². The first-order valence-electron chi connectivity index (χ1n) is 19.4. The monoisotopic (exact) mass is 934 g/mol. The van der Waals surface area contributed by atoms with E-state index < -0.39 is 23.4 Å². The van der Waals surface area contributed by atoms with Gasteiger partial charge >= 0.3 is 0 Å². The number of ketones is 2. The number of halogens is 1. The third-order valence-electron chi connectivity index (χ3n) is 10.00. The van der Waals surface area contributed by atoms with Gasteiger partial charge < -0.3 is 19.6 Å². The molecule has 2 unspecified atom stereocenters. The van der Waals surface area contributed by atoms with Crippen molar-refractivity contribution < 1.29 is 28.8 Å². The molecule has 8 rings (SSSR count). The van der Waals surface area contributed by atoms with Crippen LogP contribution >= 0.6 is 22.6 Å². The molecule has 4 heterocycles. The zero-order chi connectivity index (χ0) is 43.3. The number of carbonyl (C=O) groups excluding carboxylic acids is 6. The van der Waals surface area contributed by atoms with E-state index in [1.807, 2.05) is 50.2 Å². The first kappa shape index (κ1) is 43.7. The van der Waals surface area contributed by atoms with Crippen molar-refractivity contribution in [2.24, 2.45) is 0 Å². The number of carbonyl (C=O) groups is 6. The highest BCUT2D eigenvalue weighted by Gasteiger charge is 2.35. The molecule has 2 fully saturated rings. The molecule has 4 aromatic carbocycles. The second-order valence-corrected chi connectivity index (χ2v) is 15.4. The Hall–Kier alpha value is -6.89. The number of piperazine rings is 2. The van der Waals surface area contributed by atoms with Crippen LogP contribution in [0.2, 0.25) is 0 Å². The summed E-state index contributed by atoms with van der Waals surface area (Å²) in [4.78, 5) is 83.8. The van der Waals surface area contributed by atoms with Gasteiger partial charge in [0.1, 0.15) is 0 Å². The Kier molecular flexibility index (Phi) is 15.0. The number of amides is 4. The first-order chi connectivity index (χ1) is 29.5. The number of nitrogens with zero attached hydrogens (tertiary/aromatic N) is 9. The van der Waals surface area contributed by atoms with E-state index in [-0.39, 0.29) is 23.9 Å². The van der Waals surface area contributed by atoms with Crippen LogP contribution < -0.4 is 0 Å². The van der Waals surface area contributed by atoms with Gasteiger partial charge in [0.05, 0.1) is 30.5 Å². The maximum atomic E-state index is 12.8. The molecule has 61 heavy (non-hydrogen) atoms. The van der Waals surface area contributed by atoms with Crippen LogP contribution in [0, 0.1) is 3.57 Å². The van der Waals surface area contributed by atoms with Crippen LogP contribution in [0.5, 0.6) is 0 Å². The number of benzene rings is 4. The van der Waals surface area contributed by atoms with Crippen molar-refractivity contribution in [3.05, 3.63) is 160 Å². The molecule has 0 aliphatic carbocycles. The molecule has 2 aliphatic heterocycles. The lowest BCUT2D eigenvalue weighted by Crippen LogP contribution is -2.56. The zero-order valence-electron chi connectivity index (χ0n) is 33.5. The fourth-order valence-corrected chi connectivity index (χ4v) is 7.14. The lowest BCUT2D eigenvalue weighted by molar-refractivity contribution is -0.130. The Morgan fingerprint density at radius 1 is 0.525 bits per heavy atom. The van der Waals surface area contributed by atoms with E-state index in [2.05, 4.69) is 48.2 Å². The van der Waals surface area contributed by atoms with Gasteiger partial charge in [-0.2, -0.15) is 30.4 Å². The van der Waals surface area contributed by atoms with Crippen molar-refractivity contribution in [2.45, 2.75) is 25.9 Å². The SMILES string of the molecule is CC1CN(C(=O)c2ccccc2)CCN1C(=O)C(=O)c1ccc(-n2nccn2)cc1.CC1CN(C(=O)c2ccccc2)CCN1C(=O)C(=O)c1ccc(I)cc1.c1cn[nH]n1. The van der Waals surface area contributed by atoms with Gasteiger partial charge in [-0.3, -0.25) is 28.8 Å². The molecule has 4 amide bonds. The number of H-pyrrole nitrogens is 1. The second-order valence-electron chi connectivity index (χ2n) is 14.1. The predicted molar refractivity (Wildman–Crippen MR) is 233 cm³/mol. The maximum absolute atomic E-state index is 12.8. The molecule has 2 saturated heterocycles. The third-order valence-corrected chi connectivity index (χ3v) is 10.7. The normalized spacial score (nSPS) is 16.0. The molecular formula is C44H43IN10O6. The minimum atomic E-state index is -0.565. The molecule has 0 spiro atoms. The van der Waals surface area contributed by atoms with E-state index in [0.717, 1.165) is 3.57 Å². The fraction of sp³-hybridized carbons (Fsp3) is 0.227. The Bertz CT molecular complexity index is 2380. The lowest BCUT2D eigenvalue weighted by Gasteiger charge is -2.39. The van der Waals surface area contributed by atoms with Gasteiger partial charge in [0.25, 0.3) is 23.6 Å². The van der Waals surface area contributed by atoms with Crippen LogP contribution in [0.15, 0.2) is 134 Å². The van der Waals surface area contributed by atoms with E-state index in [1.165, 1.54) is 4.80 Å². The number of aromatic amines is 1. The molecule has 2 aliphatic rings. The van der Waals surface area contributed by atoms with E-state index >= 15 is 0 Å². The Labute approximate surface area is 365 Å². The molecule has 2 atom stereocenters. The summed E-state index contributed by atoms with van der Waals surface area (Å²) < 4.78 is 1.01. The van der Waals surface area contributed by atoms with Crippen molar-refractivity contribution in [3.63, 3.8) is 0 Å². The lowest BCUT2D eigenvalue weighted by atomic mass is 10.1. The summed E-state index contributed by atoms with van der Waals surface area (Å²) in [6, 6.07) is 31.2. The molecule has 6 aromatic rings. The van der Waals surface area contributed by atoms with Crippen molar-refractivity contribution in [1.82, 2.24) is 50.0 Å². The Morgan fingerprint density at radius 2 is 0.934 bits per heavy atom. The van der Waals surface area contributed by atoms with Crippen LogP contribution in [0.4, 0.5) is 0 Å². The summed E-state index contributed by atoms with van der Waals surface area (Å²) >= 11 is 2.15. The van der Waals surface area contributed by atoms with E-state index in [0.29, 0.717) is 67.2 Å². The number of aromatic nitrogens is 6. The number of Topliss-reactive ketones (excluding diaryl/α,β-unsaturated/α-hetero) is 2. The summed E-state index contributed by atoms with van der Waals surface area (Å²) in [5.74, 6) is -2.25. The summed E-state index contributed by atoms with van der Waals surface area (Å²) in [5, 5.41) is 17.4. The highest BCUT2D eigenvalue weighted by Crippen LogP contribution is 2.18.